The molecule has 0 N–H and O–H groups in total. The molecule has 2 aromatic carbocycles. The fourth-order valence-electron chi connectivity index (χ4n) is 2.22. The average Bonchev–Trinajstić information content (AvgIpc) is 2.45. The molecule has 0 aliphatic carbocycles. The smallest absolute Gasteiger partial charge is 0.161 e. The molecular formula is C17H17Cl2NO. The fraction of sp³-hybridized carbons (Fsp3) is 0.235. The lowest BCUT2D eigenvalue weighted by atomic mass is 10.1. The number of carbonyl (C=O) groups excluding carboxylic acids is 1. The van der Waals surface area contributed by atoms with Crippen molar-refractivity contribution < 1.29 is 4.79 Å². The summed E-state index contributed by atoms with van der Waals surface area (Å²) in [6.07, 6.45) is 0. The van der Waals surface area contributed by atoms with E-state index in [1.54, 1.807) is 6.07 Å². The van der Waals surface area contributed by atoms with E-state index in [9.17, 15) is 4.79 Å². The summed E-state index contributed by atoms with van der Waals surface area (Å²) in [5.74, 6) is -0.0305. The van der Waals surface area contributed by atoms with Gasteiger partial charge in [-0.05, 0) is 49.7 Å². The average molecular weight is 322 g/mol. The van der Waals surface area contributed by atoms with Crippen LogP contribution in [0.5, 0.6) is 0 Å². The molecule has 1 atom stereocenters. The molecule has 1 unspecified atom stereocenters. The van der Waals surface area contributed by atoms with Gasteiger partial charge in [0.1, 0.15) is 0 Å². The number of anilines is 1. The van der Waals surface area contributed by atoms with E-state index in [0.717, 1.165) is 16.3 Å². The first-order valence-corrected chi connectivity index (χ1v) is 7.44. The molecule has 0 aliphatic heterocycles. The zero-order chi connectivity index (χ0) is 15.6. The summed E-state index contributed by atoms with van der Waals surface area (Å²) < 4.78 is 0. The second kappa shape index (κ2) is 6.50. The second-order valence-electron chi connectivity index (χ2n) is 5.06. The highest BCUT2D eigenvalue weighted by Gasteiger charge is 2.14. The van der Waals surface area contributed by atoms with Gasteiger partial charge in [-0.15, -0.1) is 0 Å². The van der Waals surface area contributed by atoms with Crippen molar-refractivity contribution in [3.8, 4) is 0 Å². The minimum absolute atomic E-state index is 0.0305. The first-order valence-electron chi connectivity index (χ1n) is 6.69. The summed E-state index contributed by atoms with van der Waals surface area (Å²) in [5, 5.41) is 1.20. The van der Waals surface area contributed by atoms with E-state index in [4.69, 9.17) is 23.2 Å². The van der Waals surface area contributed by atoms with Crippen LogP contribution < -0.4 is 4.90 Å². The van der Waals surface area contributed by atoms with E-state index >= 15 is 0 Å². The lowest BCUT2D eigenvalue weighted by Crippen LogP contribution is -2.21. The number of rotatable bonds is 4. The Bertz CT molecular complexity index is 670. The Labute approximate surface area is 135 Å². The molecule has 2 aromatic rings. The molecule has 4 heteroatoms. The maximum absolute atomic E-state index is 11.4. The fourth-order valence-corrected chi connectivity index (χ4v) is 2.73. The number of benzene rings is 2. The van der Waals surface area contributed by atoms with Crippen LogP contribution >= 0.6 is 23.2 Å². The van der Waals surface area contributed by atoms with E-state index < -0.39 is 0 Å². The van der Waals surface area contributed by atoms with Crippen LogP contribution in [0.15, 0.2) is 42.5 Å². The monoisotopic (exact) mass is 321 g/mol. The molecule has 0 amide bonds. The molecule has 0 radical (unpaired) electrons. The Morgan fingerprint density at radius 2 is 1.86 bits per heavy atom. The topological polar surface area (TPSA) is 20.3 Å². The lowest BCUT2D eigenvalue weighted by Gasteiger charge is -2.28. The molecule has 0 spiro atoms. The van der Waals surface area contributed by atoms with E-state index in [-0.39, 0.29) is 11.8 Å². The molecule has 0 aliphatic rings. The summed E-state index contributed by atoms with van der Waals surface area (Å²) in [7, 11) is 1.99. The SMILES string of the molecule is CC(=O)c1ccc(N(C)C(C)c2cccc(Cl)c2)cc1Cl. The van der Waals surface area contributed by atoms with E-state index in [1.807, 2.05) is 43.4 Å². The summed E-state index contributed by atoms with van der Waals surface area (Å²) in [6, 6.07) is 13.4. The molecule has 0 saturated heterocycles. The van der Waals surface area contributed by atoms with Gasteiger partial charge in [-0.3, -0.25) is 4.79 Å². The Hall–Kier alpha value is -1.51. The van der Waals surface area contributed by atoms with Crippen molar-refractivity contribution in [3.05, 3.63) is 63.6 Å². The number of hydrogen-bond donors (Lipinski definition) is 0. The van der Waals surface area contributed by atoms with Gasteiger partial charge in [0, 0.05) is 23.3 Å². The zero-order valence-electron chi connectivity index (χ0n) is 12.2. The molecule has 0 bridgehead atoms. The highest BCUT2D eigenvalue weighted by atomic mass is 35.5. The van der Waals surface area contributed by atoms with Crippen molar-refractivity contribution >= 4 is 34.7 Å². The van der Waals surface area contributed by atoms with Crippen molar-refractivity contribution in [2.45, 2.75) is 19.9 Å². The Morgan fingerprint density at radius 1 is 1.14 bits per heavy atom. The second-order valence-corrected chi connectivity index (χ2v) is 5.91. The van der Waals surface area contributed by atoms with Crippen molar-refractivity contribution in [2.24, 2.45) is 0 Å². The molecule has 110 valence electrons. The number of carbonyl (C=O) groups is 1. The van der Waals surface area contributed by atoms with Crippen LogP contribution in [0.4, 0.5) is 5.69 Å². The van der Waals surface area contributed by atoms with E-state index in [0.29, 0.717) is 10.6 Å². The molecule has 0 saturated carbocycles. The van der Waals surface area contributed by atoms with Crippen molar-refractivity contribution in [1.82, 2.24) is 0 Å². The van der Waals surface area contributed by atoms with E-state index in [2.05, 4.69) is 11.8 Å². The minimum Gasteiger partial charge on any atom is -0.368 e. The Balaban J connectivity index is 2.29. The van der Waals surface area contributed by atoms with Gasteiger partial charge in [-0.2, -0.15) is 0 Å². The van der Waals surface area contributed by atoms with Crippen LogP contribution in [0.1, 0.15) is 35.8 Å². The number of ketones is 1. The van der Waals surface area contributed by atoms with Gasteiger partial charge < -0.3 is 4.90 Å². The minimum atomic E-state index is -0.0305. The van der Waals surface area contributed by atoms with Crippen LogP contribution in [0, 0.1) is 0 Å². The number of Topliss-reactive ketones (excluding diaryl/α,β-unsaturated/α-hetero) is 1. The maximum Gasteiger partial charge on any atom is 0.161 e. The Morgan fingerprint density at radius 3 is 2.43 bits per heavy atom. The van der Waals surface area contributed by atoms with Crippen molar-refractivity contribution in [3.63, 3.8) is 0 Å². The third kappa shape index (κ3) is 3.58. The summed E-state index contributed by atoms with van der Waals surface area (Å²) >= 11 is 12.2. The first kappa shape index (κ1) is 15.9. The molecule has 2 rings (SSSR count). The predicted molar refractivity (Wildman–Crippen MR) is 89.7 cm³/mol. The van der Waals surface area contributed by atoms with Gasteiger partial charge in [-0.25, -0.2) is 0 Å². The van der Waals surface area contributed by atoms with Crippen LogP contribution in [0.3, 0.4) is 0 Å². The normalized spacial score (nSPS) is 12.0. The Kier molecular flexibility index (Phi) is 4.92. The highest BCUT2D eigenvalue weighted by Crippen LogP contribution is 2.30. The largest absolute Gasteiger partial charge is 0.368 e. The van der Waals surface area contributed by atoms with Gasteiger partial charge >= 0.3 is 0 Å². The van der Waals surface area contributed by atoms with Gasteiger partial charge in [0.2, 0.25) is 0 Å². The quantitative estimate of drug-likeness (QED) is 0.703. The van der Waals surface area contributed by atoms with Crippen LogP contribution in [-0.4, -0.2) is 12.8 Å². The zero-order valence-corrected chi connectivity index (χ0v) is 13.7. The third-order valence-corrected chi connectivity index (χ3v) is 4.20. The van der Waals surface area contributed by atoms with Crippen LogP contribution in [0.25, 0.3) is 0 Å². The number of hydrogen-bond acceptors (Lipinski definition) is 2. The van der Waals surface area contributed by atoms with Gasteiger partial charge in [0.05, 0.1) is 11.1 Å². The summed E-state index contributed by atoms with van der Waals surface area (Å²) in [5.41, 5.74) is 2.62. The summed E-state index contributed by atoms with van der Waals surface area (Å²) in [6.45, 7) is 3.61. The molecule has 2 nitrogen and oxygen atoms in total. The third-order valence-electron chi connectivity index (χ3n) is 3.65. The van der Waals surface area contributed by atoms with Gasteiger partial charge in [0.25, 0.3) is 0 Å². The van der Waals surface area contributed by atoms with Crippen molar-refractivity contribution in [1.29, 1.82) is 0 Å². The highest BCUT2D eigenvalue weighted by molar-refractivity contribution is 6.34. The number of nitrogens with zero attached hydrogens (tertiary/aromatic N) is 1. The molecule has 21 heavy (non-hydrogen) atoms. The summed E-state index contributed by atoms with van der Waals surface area (Å²) in [4.78, 5) is 13.5. The van der Waals surface area contributed by atoms with Crippen molar-refractivity contribution in [2.75, 3.05) is 11.9 Å². The number of halogens is 2. The van der Waals surface area contributed by atoms with Crippen LogP contribution in [0.2, 0.25) is 10.0 Å². The standard InChI is InChI=1S/C17H17Cl2NO/c1-11(13-5-4-6-14(18)9-13)20(3)15-7-8-16(12(2)21)17(19)10-15/h4-11H,1-3H3. The molecule has 0 fully saturated rings. The molecular weight excluding hydrogens is 305 g/mol. The predicted octanol–water partition coefficient (Wildman–Crippen LogP) is 5.39. The first-order chi connectivity index (χ1) is 9.90. The maximum atomic E-state index is 11.4. The van der Waals surface area contributed by atoms with Gasteiger partial charge in [-0.1, -0.05) is 35.3 Å². The lowest BCUT2D eigenvalue weighted by molar-refractivity contribution is 0.101. The van der Waals surface area contributed by atoms with E-state index in [1.165, 1.54) is 6.92 Å². The van der Waals surface area contributed by atoms with Crippen LogP contribution in [-0.2, 0) is 0 Å². The molecule has 0 aromatic heterocycles. The molecule has 0 heterocycles. The van der Waals surface area contributed by atoms with Gasteiger partial charge in [0.15, 0.2) is 5.78 Å².